The maximum absolute atomic E-state index is 11.5. The van der Waals surface area contributed by atoms with Crippen LogP contribution in [0.25, 0.3) is 0 Å². The number of rotatable bonds is 4. The molecule has 1 aromatic heterocycles. The molecule has 0 fully saturated rings. The fourth-order valence-corrected chi connectivity index (χ4v) is 0.977. The van der Waals surface area contributed by atoms with Gasteiger partial charge in [-0.15, -0.1) is 0 Å². The lowest BCUT2D eigenvalue weighted by Gasteiger charge is -2.01. The Morgan fingerprint density at radius 3 is 2.86 bits per heavy atom. The maximum atomic E-state index is 11.5. The second-order valence-corrected chi connectivity index (χ2v) is 3.23. The van der Waals surface area contributed by atoms with E-state index in [1.807, 2.05) is 25.9 Å². The Labute approximate surface area is 83.8 Å². The van der Waals surface area contributed by atoms with E-state index in [1.165, 1.54) is 6.08 Å². The fraction of sp³-hybridized carbons (Fsp3) is 0.400. The van der Waals surface area contributed by atoms with Gasteiger partial charge in [-0.1, -0.05) is 0 Å². The minimum atomic E-state index is -0.0154. The first-order valence-electron chi connectivity index (χ1n) is 4.55. The van der Waals surface area contributed by atoms with E-state index in [0.29, 0.717) is 5.56 Å². The zero-order chi connectivity index (χ0) is 10.6. The summed E-state index contributed by atoms with van der Waals surface area (Å²) in [6.45, 7) is 2.77. The summed E-state index contributed by atoms with van der Waals surface area (Å²) in [5.41, 5.74) is 0.630. The van der Waals surface area contributed by atoms with Gasteiger partial charge in [-0.25, -0.2) is 0 Å². The lowest BCUT2D eigenvalue weighted by atomic mass is 10.2. The predicted molar refractivity (Wildman–Crippen MR) is 55.1 cm³/mol. The van der Waals surface area contributed by atoms with Crippen molar-refractivity contribution >= 4 is 5.78 Å². The molecule has 1 aromatic rings. The number of aryl methyl sites for hydroxylation is 1. The van der Waals surface area contributed by atoms with Crippen molar-refractivity contribution in [3.63, 3.8) is 0 Å². The topological polar surface area (TPSA) is 38.1 Å². The number of carbonyl (C=O) groups is 1. The molecule has 0 radical (unpaired) electrons. The second-order valence-electron chi connectivity index (χ2n) is 3.23. The molecule has 0 unspecified atom stereocenters. The van der Waals surface area contributed by atoms with Gasteiger partial charge in [-0.05, 0) is 6.92 Å². The Kier molecular flexibility index (Phi) is 3.45. The number of allylic oxidation sites excluding steroid dienone is 1. The molecule has 1 rings (SSSR count). The molecule has 1 heterocycles. The highest BCUT2D eigenvalue weighted by Crippen LogP contribution is 2.00. The first kappa shape index (κ1) is 10.5. The van der Waals surface area contributed by atoms with Gasteiger partial charge in [0.1, 0.15) is 0 Å². The van der Waals surface area contributed by atoms with Crippen LogP contribution < -0.4 is 0 Å². The Balaban J connectivity index is 2.70. The predicted octanol–water partition coefficient (Wildman–Crippen LogP) is 1.16. The summed E-state index contributed by atoms with van der Waals surface area (Å²) in [5, 5.41) is 4.03. The van der Waals surface area contributed by atoms with Gasteiger partial charge in [0, 0.05) is 39.1 Å². The molecule has 0 aromatic carbocycles. The third-order valence-electron chi connectivity index (χ3n) is 1.77. The van der Waals surface area contributed by atoms with Crippen LogP contribution >= 0.6 is 0 Å². The third kappa shape index (κ3) is 2.73. The fourth-order valence-electron chi connectivity index (χ4n) is 0.977. The molecular weight excluding hydrogens is 178 g/mol. The highest BCUT2D eigenvalue weighted by Gasteiger charge is 2.03. The van der Waals surface area contributed by atoms with Gasteiger partial charge in [0.25, 0.3) is 0 Å². The first-order chi connectivity index (χ1) is 6.63. The Morgan fingerprint density at radius 2 is 2.36 bits per heavy atom. The van der Waals surface area contributed by atoms with E-state index in [4.69, 9.17) is 0 Å². The average molecular weight is 193 g/mol. The summed E-state index contributed by atoms with van der Waals surface area (Å²) in [4.78, 5) is 13.3. The molecule has 0 N–H and O–H groups in total. The summed E-state index contributed by atoms with van der Waals surface area (Å²) in [5.74, 6) is -0.0154. The van der Waals surface area contributed by atoms with Gasteiger partial charge in [0.15, 0.2) is 5.78 Å². The third-order valence-corrected chi connectivity index (χ3v) is 1.77. The van der Waals surface area contributed by atoms with Crippen LogP contribution in [0, 0.1) is 0 Å². The van der Waals surface area contributed by atoms with Crippen molar-refractivity contribution in [1.29, 1.82) is 0 Å². The minimum Gasteiger partial charge on any atom is -0.383 e. The lowest BCUT2D eigenvalue weighted by Crippen LogP contribution is -2.02. The van der Waals surface area contributed by atoms with Crippen LogP contribution in [0.4, 0.5) is 0 Å². The van der Waals surface area contributed by atoms with Crippen molar-refractivity contribution in [1.82, 2.24) is 14.7 Å². The molecule has 4 nitrogen and oxygen atoms in total. The van der Waals surface area contributed by atoms with Gasteiger partial charge < -0.3 is 4.90 Å². The summed E-state index contributed by atoms with van der Waals surface area (Å²) in [6, 6.07) is 0. The highest BCUT2D eigenvalue weighted by molar-refractivity contribution is 6.04. The van der Waals surface area contributed by atoms with Crippen molar-refractivity contribution in [2.24, 2.45) is 0 Å². The van der Waals surface area contributed by atoms with E-state index < -0.39 is 0 Å². The average Bonchev–Trinajstić information content (AvgIpc) is 2.62. The molecule has 0 saturated heterocycles. The monoisotopic (exact) mass is 193 g/mol. The lowest BCUT2D eigenvalue weighted by molar-refractivity contribution is 0.104. The number of hydrogen-bond acceptors (Lipinski definition) is 3. The number of carbonyl (C=O) groups excluding carboxylic acids is 1. The second kappa shape index (κ2) is 4.60. The van der Waals surface area contributed by atoms with Crippen LogP contribution in [0.1, 0.15) is 17.3 Å². The van der Waals surface area contributed by atoms with Crippen LogP contribution in [-0.4, -0.2) is 34.6 Å². The van der Waals surface area contributed by atoms with E-state index in [1.54, 1.807) is 23.3 Å². The van der Waals surface area contributed by atoms with E-state index in [0.717, 1.165) is 6.54 Å². The van der Waals surface area contributed by atoms with Crippen LogP contribution in [0.15, 0.2) is 24.7 Å². The largest absolute Gasteiger partial charge is 0.383 e. The number of nitrogens with zero attached hydrogens (tertiary/aromatic N) is 3. The smallest absolute Gasteiger partial charge is 0.190 e. The van der Waals surface area contributed by atoms with Gasteiger partial charge in [0.2, 0.25) is 0 Å². The number of hydrogen-bond donors (Lipinski definition) is 0. The minimum absolute atomic E-state index is 0.0154. The molecule has 0 spiro atoms. The quantitative estimate of drug-likeness (QED) is 0.532. The summed E-state index contributed by atoms with van der Waals surface area (Å²) >= 11 is 0. The van der Waals surface area contributed by atoms with Crippen molar-refractivity contribution in [2.75, 3.05) is 14.1 Å². The standard InChI is InChI=1S/C10H15N3O/c1-4-13-8-9(7-11-13)10(14)5-6-12(2)3/h5-8H,4H2,1-3H3. The summed E-state index contributed by atoms with van der Waals surface area (Å²) in [7, 11) is 3.75. The van der Waals surface area contributed by atoms with E-state index >= 15 is 0 Å². The molecule has 0 aliphatic heterocycles. The molecule has 4 heteroatoms. The maximum Gasteiger partial charge on any atom is 0.190 e. The normalized spacial score (nSPS) is 10.8. The van der Waals surface area contributed by atoms with Crippen molar-refractivity contribution in [3.05, 3.63) is 30.2 Å². The first-order valence-corrected chi connectivity index (χ1v) is 4.55. The zero-order valence-corrected chi connectivity index (χ0v) is 8.77. The van der Waals surface area contributed by atoms with Crippen LogP contribution in [0.5, 0.6) is 0 Å². The molecule has 76 valence electrons. The van der Waals surface area contributed by atoms with Gasteiger partial charge in [-0.3, -0.25) is 9.48 Å². The molecule has 0 aliphatic rings. The Morgan fingerprint density at radius 1 is 1.64 bits per heavy atom. The molecule has 0 saturated carbocycles. The molecule has 0 atom stereocenters. The summed E-state index contributed by atoms with van der Waals surface area (Å²) < 4.78 is 1.73. The zero-order valence-electron chi connectivity index (χ0n) is 8.77. The van der Waals surface area contributed by atoms with Gasteiger partial charge >= 0.3 is 0 Å². The Bertz CT molecular complexity index is 339. The van der Waals surface area contributed by atoms with Crippen molar-refractivity contribution in [3.8, 4) is 0 Å². The molecule has 0 aliphatic carbocycles. The Hall–Kier alpha value is -1.58. The summed E-state index contributed by atoms with van der Waals surface area (Å²) in [6.07, 6.45) is 6.61. The van der Waals surface area contributed by atoms with Crippen LogP contribution in [0.3, 0.4) is 0 Å². The van der Waals surface area contributed by atoms with E-state index in [2.05, 4.69) is 5.10 Å². The highest BCUT2D eigenvalue weighted by atomic mass is 16.1. The number of aromatic nitrogens is 2. The van der Waals surface area contributed by atoms with Gasteiger partial charge in [0.05, 0.1) is 11.8 Å². The van der Waals surface area contributed by atoms with Gasteiger partial charge in [-0.2, -0.15) is 5.10 Å². The van der Waals surface area contributed by atoms with Crippen LogP contribution in [0.2, 0.25) is 0 Å². The molecular formula is C10H15N3O. The van der Waals surface area contributed by atoms with E-state index in [-0.39, 0.29) is 5.78 Å². The van der Waals surface area contributed by atoms with Crippen molar-refractivity contribution < 1.29 is 4.79 Å². The molecule has 0 bridgehead atoms. The SMILES string of the molecule is CCn1cc(C(=O)C=CN(C)C)cn1. The van der Waals surface area contributed by atoms with Crippen LogP contribution in [-0.2, 0) is 6.54 Å². The van der Waals surface area contributed by atoms with Crippen molar-refractivity contribution in [2.45, 2.75) is 13.5 Å². The molecule has 14 heavy (non-hydrogen) atoms. The van der Waals surface area contributed by atoms with E-state index in [9.17, 15) is 4.79 Å². The molecule has 0 amide bonds. The number of ketones is 1.